The van der Waals surface area contributed by atoms with Gasteiger partial charge in [-0.15, -0.1) is 0 Å². The Bertz CT molecular complexity index is 1160. The molecule has 6 nitrogen and oxygen atoms in total. The van der Waals surface area contributed by atoms with E-state index in [1.54, 1.807) is 36.4 Å². The van der Waals surface area contributed by atoms with E-state index in [2.05, 4.69) is 19.1 Å². The van der Waals surface area contributed by atoms with Crippen molar-refractivity contribution in [1.29, 1.82) is 0 Å². The summed E-state index contributed by atoms with van der Waals surface area (Å²) >= 11 is 0. The number of carbonyl (C=O) groups is 2. The second-order valence-corrected chi connectivity index (χ2v) is 11.6. The van der Waals surface area contributed by atoms with Gasteiger partial charge in [0.15, 0.2) is 11.6 Å². The van der Waals surface area contributed by atoms with Gasteiger partial charge in [-0.25, -0.2) is 0 Å². The van der Waals surface area contributed by atoms with Crippen LogP contribution in [0.4, 0.5) is 0 Å². The van der Waals surface area contributed by atoms with E-state index in [-0.39, 0.29) is 28.6 Å². The van der Waals surface area contributed by atoms with Gasteiger partial charge in [0.05, 0.1) is 34.4 Å². The molecule has 39 heavy (non-hydrogen) atoms. The standard InChI is InChI=1S/C32H39O6P/c1-21(20-39-22-13-9-8-10-14-22)19-32(2,3)29(30(33)27-23(35-4)15-11-16-24(27)36-5)31(34)28-25(37-6)17-12-18-26(28)38-7/h8-18,21,29,39H,19-20H2,1-7H3. The average Bonchev–Trinajstić information content (AvgIpc) is 2.94. The van der Waals surface area contributed by atoms with Gasteiger partial charge in [0.2, 0.25) is 0 Å². The lowest BCUT2D eigenvalue weighted by Crippen LogP contribution is -2.39. The van der Waals surface area contributed by atoms with Crippen molar-refractivity contribution < 1.29 is 28.5 Å². The fourth-order valence-electron chi connectivity index (χ4n) is 5.24. The number of ether oxygens (including phenoxy) is 4. The second kappa shape index (κ2) is 13.6. The third-order valence-electron chi connectivity index (χ3n) is 6.96. The van der Waals surface area contributed by atoms with E-state index in [0.29, 0.717) is 38.0 Å². The molecule has 208 valence electrons. The summed E-state index contributed by atoms with van der Waals surface area (Å²) in [6.07, 6.45) is 1.61. The molecule has 0 heterocycles. The number of rotatable bonds is 14. The molecule has 0 radical (unpaired) electrons. The first-order valence-corrected chi connectivity index (χ1v) is 14.2. The molecule has 0 spiro atoms. The summed E-state index contributed by atoms with van der Waals surface area (Å²) in [6.45, 7) is 6.15. The maximum absolute atomic E-state index is 14.5. The van der Waals surface area contributed by atoms with E-state index in [0.717, 1.165) is 6.16 Å². The van der Waals surface area contributed by atoms with Crippen molar-refractivity contribution in [3.05, 3.63) is 77.9 Å². The fraction of sp³-hybridized carbons (Fsp3) is 0.375. The van der Waals surface area contributed by atoms with E-state index >= 15 is 0 Å². The lowest BCUT2D eigenvalue weighted by atomic mass is 9.67. The van der Waals surface area contributed by atoms with Crippen LogP contribution in [0.1, 0.15) is 47.9 Å². The van der Waals surface area contributed by atoms with Gasteiger partial charge in [0.1, 0.15) is 34.1 Å². The van der Waals surface area contributed by atoms with Crippen LogP contribution < -0.4 is 24.3 Å². The molecule has 0 saturated heterocycles. The summed E-state index contributed by atoms with van der Waals surface area (Å²) in [5.74, 6) is -0.0553. The Morgan fingerprint density at radius 1 is 0.692 bits per heavy atom. The van der Waals surface area contributed by atoms with Crippen molar-refractivity contribution in [3.63, 3.8) is 0 Å². The SMILES string of the molecule is COc1cccc(OC)c1C(=O)C(C(=O)c1c(OC)cccc1OC)C(C)(C)CC(C)CPc1ccccc1. The number of Topliss-reactive ketones (excluding diaryl/α,β-unsaturated/α-hetero) is 2. The lowest BCUT2D eigenvalue weighted by Gasteiger charge is -2.35. The van der Waals surface area contributed by atoms with Gasteiger partial charge in [-0.3, -0.25) is 9.59 Å². The van der Waals surface area contributed by atoms with Gasteiger partial charge in [0.25, 0.3) is 0 Å². The number of benzene rings is 3. The van der Waals surface area contributed by atoms with Gasteiger partial charge < -0.3 is 18.9 Å². The molecule has 0 aliphatic rings. The quantitative estimate of drug-likeness (QED) is 0.130. The van der Waals surface area contributed by atoms with Crippen LogP contribution in [0.3, 0.4) is 0 Å². The molecule has 0 aromatic heterocycles. The first-order valence-electron chi connectivity index (χ1n) is 13.0. The van der Waals surface area contributed by atoms with Crippen LogP contribution in [0.5, 0.6) is 23.0 Å². The molecule has 2 unspecified atom stereocenters. The highest BCUT2D eigenvalue weighted by molar-refractivity contribution is 7.47. The molecule has 3 aromatic carbocycles. The Morgan fingerprint density at radius 3 is 1.49 bits per heavy atom. The number of carbonyl (C=O) groups excluding carboxylic acids is 2. The van der Waals surface area contributed by atoms with Crippen molar-refractivity contribution in [2.75, 3.05) is 34.6 Å². The molecule has 0 bridgehead atoms. The average molecular weight is 551 g/mol. The van der Waals surface area contributed by atoms with Gasteiger partial charge in [0, 0.05) is 0 Å². The number of hydrogen-bond donors (Lipinski definition) is 0. The van der Waals surface area contributed by atoms with Gasteiger partial charge in [-0.1, -0.05) is 71.8 Å². The van der Waals surface area contributed by atoms with Crippen molar-refractivity contribution >= 4 is 25.5 Å². The molecule has 7 heteroatoms. The predicted octanol–water partition coefficient (Wildman–Crippen LogP) is 6.46. The van der Waals surface area contributed by atoms with Crippen molar-refractivity contribution in [2.45, 2.75) is 27.2 Å². The molecule has 0 fully saturated rings. The van der Waals surface area contributed by atoms with Gasteiger partial charge in [-0.2, -0.15) is 0 Å². The number of ketones is 2. The van der Waals surface area contributed by atoms with Crippen molar-refractivity contribution in [3.8, 4) is 23.0 Å². The van der Waals surface area contributed by atoms with E-state index in [4.69, 9.17) is 18.9 Å². The summed E-state index contributed by atoms with van der Waals surface area (Å²) in [6, 6.07) is 20.7. The molecule has 3 aromatic rings. The molecule has 3 rings (SSSR count). The summed E-state index contributed by atoms with van der Waals surface area (Å²) in [5.41, 5.74) is -0.213. The van der Waals surface area contributed by atoms with E-state index in [9.17, 15) is 9.59 Å². The summed E-state index contributed by atoms with van der Waals surface area (Å²) in [7, 11) is 6.65. The maximum atomic E-state index is 14.5. The molecular formula is C32H39O6P. The highest BCUT2D eigenvalue weighted by Crippen LogP contribution is 2.44. The summed E-state index contributed by atoms with van der Waals surface area (Å²) in [4.78, 5) is 28.9. The highest BCUT2D eigenvalue weighted by atomic mass is 31.1. The summed E-state index contributed by atoms with van der Waals surface area (Å²) < 4.78 is 22.2. The van der Waals surface area contributed by atoms with Crippen LogP contribution in [0.25, 0.3) is 0 Å². The van der Waals surface area contributed by atoms with E-state index in [1.807, 2.05) is 32.0 Å². The van der Waals surface area contributed by atoms with Gasteiger partial charge in [-0.05, 0) is 53.5 Å². The van der Waals surface area contributed by atoms with Crippen molar-refractivity contribution in [1.82, 2.24) is 0 Å². The highest BCUT2D eigenvalue weighted by Gasteiger charge is 2.45. The van der Waals surface area contributed by atoms with Crippen LogP contribution >= 0.6 is 8.58 Å². The zero-order valence-corrected chi connectivity index (χ0v) is 24.9. The van der Waals surface area contributed by atoms with Gasteiger partial charge >= 0.3 is 0 Å². The Morgan fingerprint density at radius 2 is 1.10 bits per heavy atom. The first-order chi connectivity index (χ1) is 18.7. The monoisotopic (exact) mass is 550 g/mol. The molecular weight excluding hydrogens is 511 g/mol. The third kappa shape index (κ3) is 6.99. The van der Waals surface area contributed by atoms with Crippen LogP contribution in [0.15, 0.2) is 66.7 Å². The normalized spacial score (nSPS) is 12.4. The smallest absolute Gasteiger partial charge is 0.181 e. The van der Waals surface area contributed by atoms with Crippen LogP contribution in [-0.2, 0) is 0 Å². The third-order valence-corrected chi connectivity index (χ3v) is 8.60. The van der Waals surface area contributed by atoms with Crippen LogP contribution in [0, 0.1) is 17.3 Å². The molecule has 0 amide bonds. The Hall–Kier alpha value is -3.37. The fourth-order valence-corrected chi connectivity index (χ4v) is 6.40. The topological polar surface area (TPSA) is 71.1 Å². The molecule has 0 N–H and O–H groups in total. The Labute approximate surface area is 233 Å². The van der Waals surface area contributed by atoms with E-state index in [1.165, 1.54) is 33.7 Å². The Balaban J connectivity index is 2.08. The van der Waals surface area contributed by atoms with Crippen molar-refractivity contribution in [2.24, 2.45) is 17.3 Å². The molecule has 2 atom stereocenters. The molecule has 0 saturated carbocycles. The minimum Gasteiger partial charge on any atom is -0.496 e. The van der Waals surface area contributed by atoms with Crippen LogP contribution in [-0.4, -0.2) is 46.2 Å². The zero-order valence-electron chi connectivity index (χ0n) is 23.9. The largest absolute Gasteiger partial charge is 0.496 e. The number of hydrogen-bond acceptors (Lipinski definition) is 6. The molecule has 0 aliphatic carbocycles. The maximum Gasteiger partial charge on any atom is 0.181 e. The second-order valence-electron chi connectivity index (χ2n) is 10.3. The predicted molar refractivity (Wildman–Crippen MR) is 158 cm³/mol. The zero-order chi connectivity index (χ0) is 28.6. The molecule has 0 aliphatic heterocycles. The van der Waals surface area contributed by atoms with E-state index < -0.39 is 11.3 Å². The summed E-state index contributed by atoms with van der Waals surface area (Å²) in [5, 5.41) is 1.29. The minimum absolute atomic E-state index is 0.251. The number of methoxy groups -OCH3 is 4. The lowest BCUT2D eigenvalue weighted by molar-refractivity contribution is 0.0635. The Kier molecular flexibility index (Phi) is 10.5. The minimum atomic E-state index is -1.05. The first kappa shape index (κ1) is 30.2. The van der Waals surface area contributed by atoms with Crippen LogP contribution in [0.2, 0.25) is 0 Å².